The number of Topliss-reactive ketones (excluding diaryl/α,β-unsaturated/α-hetero) is 1. The molecule has 0 radical (unpaired) electrons. The Balaban J connectivity index is 2.67. The summed E-state index contributed by atoms with van der Waals surface area (Å²) in [5.74, 6) is -0.299. The van der Waals surface area contributed by atoms with Crippen LogP contribution in [-0.4, -0.2) is 30.6 Å². The highest BCUT2D eigenvalue weighted by molar-refractivity contribution is 5.77. The fraction of sp³-hybridized carbons (Fsp3) is 0.333. The number of benzene rings is 1. The van der Waals surface area contributed by atoms with Gasteiger partial charge in [-0.2, -0.15) is 0 Å². The lowest BCUT2D eigenvalue weighted by atomic mass is 10.1. The summed E-state index contributed by atoms with van der Waals surface area (Å²) in [7, 11) is 1.20. The van der Waals surface area contributed by atoms with E-state index in [1.165, 1.54) is 26.2 Å². The van der Waals surface area contributed by atoms with Gasteiger partial charge in [0.1, 0.15) is 12.4 Å². The highest BCUT2D eigenvalue weighted by Crippen LogP contribution is 2.18. The van der Waals surface area contributed by atoms with Gasteiger partial charge in [0.15, 0.2) is 11.9 Å². The third-order valence-corrected chi connectivity index (χ3v) is 2.06. The standard InChI is InChI=1S/C12H14O5/c1-8(13)7-17-10-5-3-9(4-6-10)11(14)12(15)16-2/h3-6,11,14H,7H2,1-2H3/t11-/m1/s1. The van der Waals surface area contributed by atoms with E-state index >= 15 is 0 Å². The van der Waals surface area contributed by atoms with Crippen molar-refractivity contribution in [3.05, 3.63) is 29.8 Å². The Morgan fingerprint density at radius 1 is 1.29 bits per heavy atom. The number of hydrogen-bond acceptors (Lipinski definition) is 5. The first-order valence-electron chi connectivity index (χ1n) is 5.02. The van der Waals surface area contributed by atoms with Crippen LogP contribution in [-0.2, 0) is 14.3 Å². The number of methoxy groups -OCH3 is 1. The van der Waals surface area contributed by atoms with E-state index in [1.807, 2.05) is 0 Å². The first-order valence-corrected chi connectivity index (χ1v) is 5.02. The van der Waals surface area contributed by atoms with Gasteiger partial charge >= 0.3 is 5.97 Å². The van der Waals surface area contributed by atoms with Crippen LogP contribution in [0.3, 0.4) is 0 Å². The normalized spacial score (nSPS) is 11.7. The molecule has 1 rings (SSSR count). The number of ketones is 1. The number of ether oxygens (including phenoxy) is 2. The predicted molar refractivity (Wildman–Crippen MR) is 59.6 cm³/mol. The Bertz CT molecular complexity index is 396. The first-order chi connectivity index (χ1) is 8.04. The van der Waals surface area contributed by atoms with Gasteiger partial charge in [-0.3, -0.25) is 4.79 Å². The average Bonchev–Trinajstić information content (AvgIpc) is 2.35. The molecular weight excluding hydrogens is 224 g/mol. The van der Waals surface area contributed by atoms with Crippen molar-refractivity contribution in [1.29, 1.82) is 0 Å². The topological polar surface area (TPSA) is 72.8 Å². The van der Waals surface area contributed by atoms with Crippen LogP contribution in [0.4, 0.5) is 0 Å². The summed E-state index contributed by atoms with van der Waals surface area (Å²) in [5, 5.41) is 9.53. The van der Waals surface area contributed by atoms with Gasteiger partial charge in [0.2, 0.25) is 0 Å². The fourth-order valence-electron chi connectivity index (χ4n) is 1.18. The lowest BCUT2D eigenvalue weighted by Crippen LogP contribution is -2.13. The second-order valence-electron chi connectivity index (χ2n) is 3.49. The molecule has 5 heteroatoms. The van der Waals surface area contributed by atoms with Gasteiger partial charge in [0.05, 0.1) is 7.11 Å². The molecule has 0 heterocycles. The molecule has 1 N–H and O–H groups in total. The van der Waals surface area contributed by atoms with Crippen LogP contribution in [0.2, 0.25) is 0 Å². The molecule has 17 heavy (non-hydrogen) atoms. The molecule has 0 spiro atoms. The Morgan fingerprint density at radius 3 is 2.35 bits per heavy atom. The van der Waals surface area contributed by atoms with Crippen LogP contribution in [0.15, 0.2) is 24.3 Å². The fourth-order valence-corrected chi connectivity index (χ4v) is 1.18. The number of esters is 1. The van der Waals surface area contributed by atoms with Crippen molar-refractivity contribution in [3.8, 4) is 5.75 Å². The molecule has 1 aromatic rings. The number of aliphatic hydroxyl groups excluding tert-OH is 1. The van der Waals surface area contributed by atoms with Crippen LogP contribution in [0.1, 0.15) is 18.6 Å². The summed E-state index contributed by atoms with van der Waals surface area (Å²) < 4.78 is 9.55. The SMILES string of the molecule is COC(=O)[C@H](O)c1ccc(OCC(C)=O)cc1. The molecule has 1 atom stereocenters. The highest BCUT2D eigenvalue weighted by atomic mass is 16.5. The number of carbonyl (C=O) groups excluding carboxylic acids is 2. The minimum Gasteiger partial charge on any atom is -0.486 e. The van der Waals surface area contributed by atoms with Crippen molar-refractivity contribution in [3.63, 3.8) is 0 Å². The van der Waals surface area contributed by atoms with Gasteiger partial charge in [0.25, 0.3) is 0 Å². The molecule has 0 aliphatic carbocycles. The molecule has 0 saturated heterocycles. The first kappa shape index (κ1) is 13.2. The summed E-state index contributed by atoms with van der Waals surface area (Å²) >= 11 is 0. The summed E-state index contributed by atoms with van der Waals surface area (Å²) in [6.45, 7) is 1.42. The van der Waals surface area contributed by atoms with E-state index < -0.39 is 12.1 Å². The molecule has 5 nitrogen and oxygen atoms in total. The Kier molecular flexibility index (Phi) is 4.66. The number of carbonyl (C=O) groups is 2. The average molecular weight is 238 g/mol. The Hall–Kier alpha value is -1.88. The van der Waals surface area contributed by atoms with E-state index in [1.54, 1.807) is 12.1 Å². The molecule has 0 amide bonds. The van der Waals surface area contributed by atoms with E-state index in [0.717, 1.165) is 0 Å². The minimum absolute atomic E-state index is 0.00109. The van der Waals surface area contributed by atoms with Crippen molar-refractivity contribution in [2.45, 2.75) is 13.0 Å². The minimum atomic E-state index is -1.30. The van der Waals surface area contributed by atoms with Gasteiger partial charge in [-0.15, -0.1) is 0 Å². The number of rotatable bonds is 5. The smallest absolute Gasteiger partial charge is 0.339 e. The molecule has 0 bridgehead atoms. The molecular formula is C12H14O5. The maximum absolute atomic E-state index is 11.1. The second-order valence-corrected chi connectivity index (χ2v) is 3.49. The van der Waals surface area contributed by atoms with Crippen LogP contribution < -0.4 is 4.74 Å². The molecule has 0 unspecified atom stereocenters. The third kappa shape index (κ3) is 3.88. The maximum atomic E-state index is 11.1. The van der Waals surface area contributed by atoms with Crippen molar-refractivity contribution >= 4 is 11.8 Å². The quantitative estimate of drug-likeness (QED) is 0.770. The Labute approximate surface area is 99.0 Å². The number of aliphatic hydroxyl groups is 1. The molecule has 0 aliphatic rings. The van der Waals surface area contributed by atoms with Crippen molar-refractivity contribution in [2.75, 3.05) is 13.7 Å². The van der Waals surface area contributed by atoms with Gasteiger partial charge < -0.3 is 14.6 Å². The van der Waals surface area contributed by atoms with E-state index in [2.05, 4.69) is 4.74 Å². The van der Waals surface area contributed by atoms with E-state index in [4.69, 9.17) is 4.74 Å². The number of hydrogen-bond donors (Lipinski definition) is 1. The zero-order valence-electron chi connectivity index (χ0n) is 9.67. The van der Waals surface area contributed by atoms with Crippen LogP contribution >= 0.6 is 0 Å². The summed E-state index contributed by atoms with van der Waals surface area (Å²) in [4.78, 5) is 21.8. The van der Waals surface area contributed by atoms with Gasteiger partial charge in [-0.1, -0.05) is 12.1 Å². The predicted octanol–water partition coefficient (Wildman–Crippen LogP) is 0.861. The lowest BCUT2D eigenvalue weighted by Gasteiger charge is -2.09. The summed E-state index contributed by atoms with van der Waals surface area (Å²) in [6, 6.07) is 6.23. The maximum Gasteiger partial charge on any atom is 0.339 e. The van der Waals surface area contributed by atoms with E-state index in [-0.39, 0.29) is 12.4 Å². The van der Waals surface area contributed by atoms with Gasteiger partial charge in [-0.05, 0) is 24.6 Å². The van der Waals surface area contributed by atoms with Gasteiger partial charge in [0, 0.05) is 0 Å². The lowest BCUT2D eigenvalue weighted by molar-refractivity contribution is -0.150. The molecule has 92 valence electrons. The monoisotopic (exact) mass is 238 g/mol. The van der Waals surface area contributed by atoms with E-state index in [0.29, 0.717) is 11.3 Å². The molecule has 0 fully saturated rings. The zero-order chi connectivity index (χ0) is 12.8. The second kappa shape index (κ2) is 6.00. The van der Waals surface area contributed by atoms with Crippen LogP contribution in [0.25, 0.3) is 0 Å². The largest absolute Gasteiger partial charge is 0.486 e. The van der Waals surface area contributed by atoms with Crippen molar-refractivity contribution in [2.24, 2.45) is 0 Å². The molecule has 0 aliphatic heterocycles. The molecule has 0 aromatic heterocycles. The molecule has 0 saturated carbocycles. The van der Waals surface area contributed by atoms with Crippen molar-refractivity contribution in [1.82, 2.24) is 0 Å². The summed E-state index contributed by atoms with van der Waals surface area (Å²) in [6.07, 6.45) is -1.30. The van der Waals surface area contributed by atoms with Crippen LogP contribution in [0, 0.1) is 0 Å². The summed E-state index contributed by atoms with van der Waals surface area (Å²) in [5.41, 5.74) is 0.409. The Morgan fingerprint density at radius 2 is 1.88 bits per heavy atom. The third-order valence-electron chi connectivity index (χ3n) is 2.06. The van der Waals surface area contributed by atoms with Crippen LogP contribution in [0.5, 0.6) is 5.75 Å². The van der Waals surface area contributed by atoms with Gasteiger partial charge in [-0.25, -0.2) is 4.79 Å². The molecule has 1 aromatic carbocycles. The zero-order valence-corrected chi connectivity index (χ0v) is 9.67. The van der Waals surface area contributed by atoms with E-state index in [9.17, 15) is 14.7 Å². The highest BCUT2D eigenvalue weighted by Gasteiger charge is 2.17. The van der Waals surface area contributed by atoms with Crippen molar-refractivity contribution < 1.29 is 24.2 Å².